The second kappa shape index (κ2) is 7.21. The predicted molar refractivity (Wildman–Crippen MR) is 86.6 cm³/mol. The van der Waals surface area contributed by atoms with Gasteiger partial charge in [0.05, 0.1) is 40.0 Å². The van der Waals surface area contributed by atoms with E-state index in [0.29, 0.717) is 19.8 Å². The highest BCUT2D eigenvalue weighted by atomic mass is 16.5. The normalized spacial score (nSPS) is 21.6. The molecule has 0 spiro atoms. The van der Waals surface area contributed by atoms with Gasteiger partial charge in [0.25, 0.3) is 0 Å². The fourth-order valence-electron chi connectivity index (χ4n) is 3.02. The van der Waals surface area contributed by atoms with Gasteiger partial charge in [0.2, 0.25) is 0 Å². The molecule has 0 bridgehead atoms. The van der Waals surface area contributed by atoms with Crippen LogP contribution in [0, 0.1) is 17.3 Å². The highest BCUT2D eigenvalue weighted by Gasteiger charge is 2.62. The minimum Gasteiger partial charge on any atom is -0.497 e. The fourth-order valence-corrected chi connectivity index (χ4v) is 3.02. The van der Waals surface area contributed by atoms with Crippen LogP contribution < -0.4 is 9.47 Å². The molecule has 2 unspecified atom stereocenters. The Hall–Kier alpha value is -1.75. The van der Waals surface area contributed by atoms with Crippen molar-refractivity contribution in [1.29, 1.82) is 0 Å². The predicted octanol–water partition coefficient (Wildman–Crippen LogP) is 3.06. The second-order valence-corrected chi connectivity index (χ2v) is 6.35. The summed E-state index contributed by atoms with van der Waals surface area (Å²) in [6.45, 7) is 7.38. The number of rotatable bonds is 8. The lowest BCUT2D eigenvalue weighted by Gasteiger charge is -2.11. The van der Waals surface area contributed by atoms with E-state index in [4.69, 9.17) is 18.9 Å². The van der Waals surface area contributed by atoms with Crippen molar-refractivity contribution in [1.82, 2.24) is 0 Å². The van der Waals surface area contributed by atoms with Gasteiger partial charge in [0.15, 0.2) is 0 Å². The van der Waals surface area contributed by atoms with Gasteiger partial charge in [-0.15, -0.1) is 0 Å². The maximum atomic E-state index is 11.9. The zero-order chi connectivity index (χ0) is 17.0. The maximum absolute atomic E-state index is 11.9. The molecule has 0 heterocycles. The van der Waals surface area contributed by atoms with Crippen LogP contribution in [0.1, 0.15) is 26.3 Å². The molecule has 1 fully saturated rings. The number of methoxy groups -OCH3 is 2. The second-order valence-electron chi connectivity index (χ2n) is 6.35. The van der Waals surface area contributed by atoms with Crippen molar-refractivity contribution in [3.63, 3.8) is 0 Å². The third kappa shape index (κ3) is 3.78. The van der Waals surface area contributed by atoms with Crippen LogP contribution in [0.5, 0.6) is 11.5 Å². The van der Waals surface area contributed by atoms with Crippen LogP contribution in [0.15, 0.2) is 18.2 Å². The first kappa shape index (κ1) is 17.6. The number of carbonyl (C=O) groups is 1. The van der Waals surface area contributed by atoms with E-state index in [1.54, 1.807) is 14.2 Å². The molecule has 1 aromatic rings. The highest BCUT2D eigenvalue weighted by Crippen LogP contribution is 2.58. The average Bonchev–Trinajstić information content (AvgIpc) is 3.08. The minimum atomic E-state index is -0.117. The molecule has 2 rings (SSSR count). The third-order valence-electron chi connectivity index (χ3n) is 4.64. The number of ether oxygens (including phenoxy) is 4. The van der Waals surface area contributed by atoms with Gasteiger partial charge in [-0.1, -0.05) is 13.8 Å². The molecule has 128 valence electrons. The van der Waals surface area contributed by atoms with Crippen LogP contribution in [-0.2, 0) is 20.9 Å². The van der Waals surface area contributed by atoms with Crippen molar-refractivity contribution in [2.75, 3.05) is 27.4 Å². The lowest BCUT2D eigenvalue weighted by atomic mass is 10.1. The van der Waals surface area contributed by atoms with E-state index >= 15 is 0 Å². The molecule has 0 aliphatic heterocycles. The van der Waals surface area contributed by atoms with E-state index in [1.165, 1.54) is 0 Å². The van der Waals surface area contributed by atoms with E-state index in [1.807, 2.05) is 25.1 Å². The monoisotopic (exact) mass is 322 g/mol. The molecule has 1 aliphatic carbocycles. The zero-order valence-corrected chi connectivity index (χ0v) is 14.5. The number of hydrogen-bond donors (Lipinski definition) is 0. The Kier molecular flexibility index (Phi) is 5.52. The first-order chi connectivity index (χ1) is 11.0. The maximum Gasteiger partial charge on any atom is 0.309 e. The van der Waals surface area contributed by atoms with Crippen molar-refractivity contribution >= 4 is 5.97 Å². The Morgan fingerprint density at radius 3 is 2.57 bits per heavy atom. The van der Waals surface area contributed by atoms with Gasteiger partial charge in [-0.25, -0.2) is 0 Å². The first-order valence-electron chi connectivity index (χ1n) is 7.91. The topological polar surface area (TPSA) is 54.0 Å². The Labute approximate surface area is 137 Å². The number of esters is 1. The smallest absolute Gasteiger partial charge is 0.309 e. The van der Waals surface area contributed by atoms with Gasteiger partial charge < -0.3 is 18.9 Å². The number of carbonyl (C=O) groups excluding carboxylic acids is 1. The molecular formula is C18H26O5. The van der Waals surface area contributed by atoms with Crippen LogP contribution in [0.4, 0.5) is 0 Å². The van der Waals surface area contributed by atoms with Gasteiger partial charge in [-0.05, 0) is 24.5 Å². The lowest BCUT2D eigenvalue weighted by Crippen LogP contribution is -2.10. The molecule has 2 atom stereocenters. The molecular weight excluding hydrogens is 296 g/mol. The van der Waals surface area contributed by atoms with Gasteiger partial charge in [-0.2, -0.15) is 0 Å². The summed E-state index contributed by atoms with van der Waals surface area (Å²) in [4.78, 5) is 11.9. The summed E-state index contributed by atoms with van der Waals surface area (Å²) in [7, 11) is 3.24. The summed E-state index contributed by atoms with van der Waals surface area (Å²) >= 11 is 0. The summed E-state index contributed by atoms with van der Waals surface area (Å²) in [6.07, 6.45) is 0. The summed E-state index contributed by atoms with van der Waals surface area (Å²) in [5.74, 6) is 1.50. The van der Waals surface area contributed by atoms with E-state index in [-0.39, 0.29) is 23.2 Å². The highest BCUT2D eigenvalue weighted by molar-refractivity contribution is 5.77. The molecule has 5 nitrogen and oxygen atoms in total. The van der Waals surface area contributed by atoms with E-state index < -0.39 is 0 Å². The Bertz CT molecular complexity index is 552. The lowest BCUT2D eigenvalue weighted by molar-refractivity contribution is -0.145. The van der Waals surface area contributed by atoms with E-state index in [2.05, 4.69) is 13.8 Å². The molecule has 1 aromatic carbocycles. The van der Waals surface area contributed by atoms with Crippen molar-refractivity contribution < 1.29 is 23.7 Å². The third-order valence-corrected chi connectivity index (χ3v) is 4.64. The van der Waals surface area contributed by atoms with Crippen molar-refractivity contribution in [3.05, 3.63) is 23.8 Å². The summed E-state index contributed by atoms with van der Waals surface area (Å²) in [5, 5.41) is 0. The zero-order valence-electron chi connectivity index (χ0n) is 14.5. The molecule has 0 aromatic heterocycles. The Morgan fingerprint density at radius 2 is 1.96 bits per heavy atom. The molecule has 0 saturated heterocycles. The quantitative estimate of drug-likeness (QED) is 0.689. The molecule has 1 aliphatic rings. The van der Waals surface area contributed by atoms with Crippen molar-refractivity contribution in [2.45, 2.75) is 27.4 Å². The molecule has 0 radical (unpaired) electrons. The molecule has 0 N–H and O–H groups in total. The van der Waals surface area contributed by atoms with Crippen LogP contribution in [-0.4, -0.2) is 33.4 Å². The summed E-state index contributed by atoms with van der Waals surface area (Å²) < 4.78 is 21.5. The SMILES string of the molecule is CCOC(=O)C1C(COCc2ccc(OC)cc2OC)C1(C)C. The van der Waals surface area contributed by atoms with Gasteiger partial charge in [-0.3, -0.25) is 4.79 Å². The summed E-state index contributed by atoms with van der Waals surface area (Å²) in [6, 6.07) is 5.64. The van der Waals surface area contributed by atoms with Crippen LogP contribution in [0.25, 0.3) is 0 Å². The first-order valence-corrected chi connectivity index (χ1v) is 7.91. The van der Waals surface area contributed by atoms with Crippen molar-refractivity contribution in [3.8, 4) is 11.5 Å². The summed E-state index contributed by atoms with van der Waals surface area (Å²) in [5.41, 5.74) is 0.899. The van der Waals surface area contributed by atoms with Crippen LogP contribution in [0.2, 0.25) is 0 Å². The van der Waals surface area contributed by atoms with Crippen LogP contribution >= 0.6 is 0 Å². The number of hydrogen-bond acceptors (Lipinski definition) is 5. The fraction of sp³-hybridized carbons (Fsp3) is 0.611. The molecule has 5 heteroatoms. The van der Waals surface area contributed by atoms with Gasteiger partial charge in [0, 0.05) is 17.5 Å². The standard InChI is InChI=1S/C18H26O5/c1-6-23-17(19)16-14(18(16,2)3)11-22-10-12-7-8-13(20-4)9-15(12)21-5/h7-9,14,16H,6,10-11H2,1-5H3. The molecule has 1 saturated carbocycles. The van der Waals surface area contributed by atoms with E-state index in [9.17, 15) is 4.79 Å². The largest absolute Gasteiger partial charge is 0.497 e. The number of benzene rings is 1. The Balaban J connectivity index is 1.89. The van der Waals surface area contributed by atoms with Crippen LogP contribution in [0.3, 0.4) is 0 Å². The van der Waals surface area contributed by atoms with Gasteiger partial charge in [0.1, 0.15) is 11.5 Å². The van der Waals surface area contributed by atoms with E-state index in [0.717, 1.165) is 17.1 Å². The van der Waals surface area contributed by atoms with Crippen molar-refractivity contribution in [2.24, 2.45) is 17.3 Å². The molecule has 23 heavy (non-hydrogen) atoms. The molecule has 0 amide bonds. The van der Waals surface area contributed by atoms with Gasteiger partial charge >= 0.3 is 5.97 Å². The average molecular weight is 322 g/mol. The Morgan fingerprint density at radius 1 is 1.22 bits per heavy atom. The minimum absolute atomic E-state index is 0.0593.